The Morgan fingerprint density at radius 1 is 0.304 bits per heavy atom. The molecule has 0 N–H and O–H groups in total. The van der Waals surface area contributed by atoms with Gasteiger partial charge in [-0.05, 0) is 96.3 Å². The zero-order valence-electron chi connectivity index (χ0n) is 45.3. The number of ether oxygens (including phenoxy) is 3. The number of carbonyl (C=O) groups is 3. The van der Waals surface area contributed by atoms with Gasteiger partial charge in [-0.3, -0.25) is 14.4 Å². The van der Waals surface area contributed by atoms with Crippen molar-refractivity contribution in [2.45, 2.75) is 284 Å². The molecule has 0 spiro atoms. The Hall–Kier alpha value is -3.41. The first-order valence-electron chi connectivity index (χ1n) is 29.1. The van der Waals surface area contributed by atoms with Crippen molar-refractivity contribution in [3.63, 3.8) is 0 Å². The summed E-state index contributed by atoms with van der Waals surface area (Å²) >= 11 is 0. The molecule has 0 aromatic heterocycles. The molecule has 0 aliphatic heterocycles. The van der Waals surface area contributed by atoms with E-state index in [2.05, 4.69) is 106 Å². The minimum absolute atomic E-state index is 0.0808. The summed E-state index contributed by atoms with van der Waals surface area (Å²) in [5.74, 6) is -0.895. The Morgan fingerprint density at radius 3 is 0.913 bits per heavy atom. The molecule has 6 nitrogen and oxygen atoms in total. The van der Waals surface area contributed by atoms with Crippen molar-refractivity contribution in [1.29, 1.82) is 0 Å². The summed E-state index contributed by atoms with van der Waals surface area (Å²) in [5, 5.41) is 0. The van der Waals surface area contributed by atoms with Gasteiger partial charge < -0.3 is 14.2 Å². The van der Waals surface area contributed by atoms with Crippen LogP contribution in [0.15, 0.2) is 85.1 Å². The van der Waals surface area contributed by atoms with E-state index in [1.165, 1.54) is 122 Å². The van der Waals surface area contributed by atoms with Gasteiger partial charge in [0.05, 0.1) is 0 Å². The molecule has 0 aromatic rings. The zero-order valence-corrected chi connectivity index (χ0v) is 45.3. The molecule has 69 heavy (non-hydrogen) atoms. The number of unbranched alkanes of at least 4 members (excludes halogenated alkanes) is 27. The van der Waals surface area contributed by atoms with E-state index >= 15 is 0 Å². The van der Waals surface area contributed by atoms with E-state index in [1.54, 1.807) is 0 Å². The number of hydrogen-bond acceptors (Lipinski definition) is 6. The molecule has 0 radical (unpaired) electrons. The maximum Gasteiger partial charge on any atom is 0.306 e. The van der Waals surface area contributed by atoms with E-state index in [9.17, 15) is 14.4 Å². The highest BCUT2D eigenvalue weighted by molar-refractivity contribution is 5.71. The lowest BCUT2D eigenvalue weighted by atomic mass is 10.0. The molecule has 6 heteroatoms. The molecule has 0 aliphatic carbocycles. The maximum absolute atomic E-state index is 12.8. The van der Waals surface area contributed by atoms with Gasteiger partial charge in [0.1, 0.15) is 13.2 Å². The summed E-state index contributed by atoms with van der Waals surface area (Å²) in [7, 11) is 0. The maximum atomic E-state index is 12.8. The van der Waals surface area contributed by atoms with Crippen LogP contribution in [-0.4, -0.2) is 37.2 Å². The number of hydrogen-bond donors (Lipinski definition) is 0. The average Bonchev–Trinajstić information content (AvgIpc) is 3.35. The highest BCUT2D eigenvalue weighted by atomic mass is 16.6. The van der Waals surface area contributed by atoms with Gasteiger partial charge in [-0.1, -0.05) is 247 Å². The molecule has 0 fully saturated rings. The van der Waals surface area contributed by atoms with Gasteiger partial charge in [0.15, 0.2) is 6.10 Å². The molecule has 0 aliphatic rings. The normalized spacial score (nSPS) is 12.7. The van der Waals surface area contributed by atoms with Gasteiger partial charge in [-0.2, -0.15) is 0 Å². The minimum Gasteiger partial charge on any atom is -0.462 e. The average molecular weight is 962 g/mol. The van der Waals surface area contributed by atoms with Crippen LogP contribution in [-0.2, 0) is 28.6 Å². The molecular formula is C63H108O6. The van der Waals surface area contributed by atoms with Gasteiger partial charge in [0.25, 0.3) is 0 Å². The molecule has 396 valence electrons. The third-order valence-corrected chi connectivity index (χ3v) is 12.4. The Bertz CT molecular complexity index is 1330. The van der Waals surface area contributed by atoms with Gasteiger partial charge in [0.2, 0.25) is 0 Å². The minimum atomic E-state index is -0.782. The van der Waals surface area contributed by atoms with E-state index < -0.39 is 6.10 Å². The van der Waals surface area contributed by atoms with E-state index in [1.807, 2.05) is 0 Å². The number of rotatable bonds is 52. The molecule has 0 aromatic carbocycles. The summed E-state index contributed by atoms with van der Waals surface area (Å²) in [5.41, 5.74) is 0. The lowest BCUT2D eigenvalue weighted by Crippen LogP contribution is -2.30. The lowest BCUT2D eigenvalue weighted by molar-refractivity contribution is -0.167. The smallest absolute Gasteiger partial charge is 0.306 e. The second-order valence-electron chi connectivity index (χ2n) is 19.2. The van der Waals surface area contributed by atoms with E-state index in [0.717, 1.165) is 116 Å². The van der Waals surface area contributed by atoms with Crippen LogP contribution in [0.2, 0.25) is 0 Å². The van der Waals surface area contributed by atoms with Crippen LogP contribution in [0.25, 0.3) is 0 Å². The van der Waals surface area contributed by atoms with Crippen molar-refractivity contribution >= 4 is 17.9 Å². The van der Waals surface area contributed by atoms with Crippen molar-refractivity contribution in [1.82, 2.24) is 0 Å². The summed E-state index contributed by atoms with van der Waals surface area (Å²) in [6.45, 7) is 6.48. The fourth-order valence-corrected chi connectivity index (χ4v) is 8.03. The van der Waals surface area contributed by atoms with E-state index in [0.29, 0.717) is 19.3 Å². The second kappa shape index (κ2) is 57.2. The zero-order chi connectivity index (χ0) is 50.0. The van der Waals surface area contributed by atoms with Crippen LogP contribution in [0.3, 0.4) is 0 Å². The van der Waals surface area contributed by atoms with E-state index in [-0.39, 0.29) is 31.1 Å². The third kappa shape index (κ3) is 55.4. The highest BCUT2D eigenvalue weighted by Gasteiger charge is 2.19. The van der Waals surface area contributed by atoms with Crippen LogP contribution in [0.4, 0.5) is 0 Å². The molecule has 1 atom stereocenters. The molecule has 0 heterocycles. The van der Waals surface area contributed by atoms with Crippen LogP contribution in [0.1, 0.15) is 278 Å². The fraction of sp³-hybridized carbons (Fsp3) is 0.730. The van der Waals surface area contributed by atoms with Gasteiger partial charge >= 0.3 is 17.9 Å². The Balaban J connectivity index is 4.21. The summed E-state index contributed by atoms with van der Waals surface area (Å²) in [6, 6.07) is 0. The number of allylic oxidation sites excluding steroid dienone is 14. The number of esters is 3. The number of carbonyl (C=O) groups excluding carboxylic acids is 3. The molecule has 0 saturated carbocycles. The molecule has 0 saturated heterocycles. The van der Waals surface area contributed by atoms with Crippen LogP contribution < -0.4 is 0 Å². The quantitative estimate of drug-likeness (QED) is 0.0262. The monoisotopic (exact) mass is 961 g/mol. The van der Waals surface area contributed by atoms with Crippen molar-refractivity contribution < 1.29 is 28.6 Å². The predicted molar refractivity (Wildman–Crippen MR) is 297 cm³/mol. The fourth-order valence-electron chi connectivity index (χ4n) is 8.03. The summed E-state index contributed by atoms with van der Waals surface area (Å²) in [6.07, 6.45) is 74.4. The summed E-state index contributed by atoms with van der Waals surface area (Å²) in [4.78, 5) is 38.0. The Kier molecular flexibility index (Phi) is 54.3. The van der Waals surface area contributed by atoms with Crippen LogP contribution in [0, 0.1) is 0 Å². The first-order chi connectivity index (χ1) is 34.0. The topological polar surface area (TPSA) is 78.9 Å². The van der Waals surface area contributed by atoms with Crippen molar-refractivity contribution in [2.24, 2.45) is 0 Å². The molecular weight excluding hydrogens is 853 g/mol. The van der Waals surface area contributed by atoms with Crippen LogP contribution >= 0.6 is 0 Å². The van der Waals surface area contributed by atoms with Gasteiger partial charge in [-0.15, -0.1) is 0 Å². The first kappa shape index (κ1) is 65.6. The molecule has 1 unspecified atom stereocenters. The Labute approximate surface area is 426 Å². The Morgan fingerprint density at radius 2 is 0.565 bits per heavy atom. The molecule has 0 bridgehead atoms. The second-order valence-corrected chi connectivity index (χ2v) is 19.2. The van der Waals surface area contributed by atoms with Crippen molar-refractivity contribution in [3.8, 4) is 0 Å². The predicted octanol–water partition coefficient (Wildman–Crippen LogP) is 19.5. The third-order valence-electron chi connectivity index (χ3n) is 12.4. The van der Waals surface area contributed by atoms with Crippen molar-refractivity contribution in [2.75, 3.05) is 13.2 Å². The van der Waals surface area contributed by atoms with Gasteiger partial charge in [-0.25, -0.2) is 0 Å². The van der Waals surface area contributed by atoms with Crippen LogP contribution in [0.5, 0.6) is 0 Å². The van der Waals surface area contributed by atoms with E-state index in [4.69, 9.17) is 14.2 Å². The van der Waals surface area contributed by atoms with Crippen molar-refractivity contribution in [3.05, 3.63) is 85.1 Å². The SMILES string of the molecule is CC/C=C\C/C=C\C/C=C\C/C=C\C/C=C\CCCCCCCCCCCCCC(=O)OCC(COC(=O)CCCCCCCCCCC)OC(=O)CCCCCCC/C=C\C/C=C\CCCCC. The highest BCUT2D eigenvalue weighted by Crippen LogP contribution is 2.15. The first-order valence-corrected chi connectivity index (χ1v) is 29.1. The largest absolute Gasteiger partial charge is 0.462 e. The molecule has 0 amide bonds. The molecule has 0 rings (SSSR count). The standard InChI is InChI=1S/C63H108O6/c1-4-7-10-13-16-19-21-23-25-26-27-28-29-30-31-32-33-34-35-36-38-39-41-44-47-50-53-56-62(65)68-59-60(58-67-61(64)55-52-49-46-43-18-15-12-9-6-3)69-63(66)57-54-51-48-45-42-40-37-24-22-20-17-14-11-8-5-2/h7,10,16-17,19-20,23-25,27-28,30-31,37,60H,4-6,8-9,11-15,18,21-22,26,29,32-36,38-59H2,1-3H3/b10-7-,19-16-,20-17-,25-23-,28-27-,31-30-,37-24-. The summed E-state index contributed by atoms with van der Waals surface area (Å²) < 4.78 is 16.8. The lowest BCUT2D eigenvalue weighted by Gasteiger charge is -2.18. The van der Waals surface area contributed by atoms with Gasteiger partial charge in [0, 0.05) is 19.3 Å².